The standard InChI is InChI=1S/C15H13ClN4O/c1-10-17-7-6-11(18-10)9-20-14(8-16)19-13-5-3-2-4-12(13)15(20)21/h2-7H,8-9H2,1H3. The Hall–Kier alpha value is -2.27. The zero-order valence-corrected chi connectivity index (χ0v) is 12.2. The van der Waals surface area contributed by atoms with Gasteiger partial charge in [0.1, 0.15) is 11.6 Å². The fourth-order valence-electron chi connectivity index (χ4n) is 2.23. The summed E-state index contributed by atoms with van der Waals surface area (Å²) in [5.41, 5.74) is 1.31. The van der Waals surface area contributed by atoms with Gasteiger partial charge >= 0.3 is 0 Å². The van der Waals surface area contributed by atoms with Crippen molar-refractivity contribution in [2.75, 3.05) is 0 Å². The highest BCUT2D eigenvalue weighted by Crippen LogP contribution is 2.10. The van der Waals surface area contributed by atoms with Gasteiger partial charge in [-0.25, -0.2) is 15.0 Å². The molecule has 0 radical (unpaired) electrons. The summed E-state index contributed by atoms with van der Waals surface area (Å²) < 4.78 is 1.57. The first kappa shape index (κ1) is 13.7. The highest BCUT2D eigenvalue weighted by atomic mass is 35.5. The molecule has 0 aliphatic carbocycles. The molecule has 0 saturated carbocycles. The molecule has 3 aromatic rings. The van der Waals surface area contributed by atoms with E-state index >= 15 is 0 Å². The molecule has 5 nitrogen and oxygen atoms in total. The zero-order valence-electron chi connectivity index (χ0n) is 11.5. The Morgan fingerprint density at radius 3 is 2.76 bits per heavy atom. The summed E-state index contributed by atoms with van der Waals surface area (Å²) in [6, 6.07) is 9.04. The summed E-state index contributed by atoms with van der Waals surface area (Å²) >= 11 is 5.95. The highest BCUT2D eigenvalue weighted by molar-refractivity contribution is 6.16. The van der Waals surface area contributed by atoms with Crippen molar-refractivity contribution in [1.82, 2.24) is 19.5 Å². The molecule has 0 saturated heterocycles. The van der Waals surface area contributed by atoms with Crippen molar-refractivity contribution in [2.45, 2.75) is 19.3 Å². The van der Waals surface area contributed by atoms with Crippen LogP contribution in [0.25, 0.3) is 10.9 Å². The molecule has 0 bridgehead atoms. The smallest absolute Gasteiger partial charge is 0.261 e. The van der Waals surface area contributed by atoms with Crippen LogP contribution in [0.3, 0.4) is 0 Å². The number of hydrogen-bond donors (Lipinski definition) is 0. The summed E-state index contributed by atoms with van der Waals surface area (Å²) in [6.07, 6.45) is 1.68. The van der Waals surface area contributed by atoms with Gasteiger partial charge in [0.25, 0.3) is 5.56 Å². The SMILES string of the molecule is Cc1nccc(Cn2c(CCl)nc3ccccc3c2=O)n1. The van der Waals surface area contributed by atoms with E-state index in [1.165, 1.54) is 0 Å². The summed E-state index contributed by atoms with van der Waals surface area (Å²) in [5, 5.41) is 0.581. The molecular weight excluding hydrogens is 288 g/mol. The Bertz CT molecular complexity index is 860. The molecule has 0 aliphatic rings. The Balaban J connectivity index is 2.17. The Morgan fingerprint density at radius 1 is 1.19 bits per heavy atom. The topological polar surface area (TPSA) is 60.7 Å². The first-order chi connectivity index (χ1) is 10.2. The van der Waals surface area contributed by atoms with Crippen LogP contribution in [-0.4, -0.2) is 19.5 Å². The third-order valence-electron chi connectivity index (χ3n) is 3.21. The van der Waals surface area contributed by atoms with Crippen LogP contribution < -0.4 is 5.56 Å². The summed E-state index contributed by atoms with van der Waals surface area (Å²) in [6.45, 7) is 2.15. The van der Waals surface area contributed by atoms with Gasteiger partial charge < -0.3 is 0 Å². The van der Waals surface area contributed by atoms with Crippen LogP contribution in [0.1, 0.15) is 17.3 Å². The van der Waals surface area contributed by atoms with Crippen LogP contribution in [0.4, 0.5) is 0 Å². The van der Waals surface area contributed by atoms with Crippen molar-refractivity contribution in [2.24, 2.45) is 0 Å². The molecule has 1 aromatic carbocycles. The third-order valence-corrected chi connectivity index (χ3v) is 3.45. The molecule has 2 heterocycles. The average molecular weight is 301 g/mol. The monoisotopic (exact) mass is 300 g/mol. The van der Waals surface area contributed by atoms with Crippen molar-refractivity contribution in [3.05, 3.63) is 64.2 Å². The van der Waals surface area contributed by atoms with E-state index in [0.717, 1.165) is 5.69 Å². The van der Waals surface area contributed by atoms with Gasteiger partial charge in [-0.15, -0.1) is 11.6 Å². The number of fused-ring (bicyclic) bond motifs is 1. The number of nitrogens with zero attached hydrogens (tertiary/aromatic N) is 4. The molecule has 0 unspecified atom stereocenters. The minimum atomic E-state index is -0.104. The Morgan fingerprint density at radius 2 is 2.00 bits per heavy atom. The van der Waals surface area contributed by atoms with Gasteiger partial charge in [-0.05, 0) is 25.1 Å². The van der Waals surface area contributed by atoms with Gasteiger partial charge in [0.2, 0.25) is 0 Å². The van der Waals surface area contributed by atoms with Gasteiger partial charge in [-0.1, -0.05) is 12.1 Å². The summed E-state index contributed by atoms with van der Waals surface area (Å²) in [5.74, 6) is 1.38. The molecule has 0 fully saturated rings. The number of aromatic nitrogens is 4. The molecule has 2 aromatic heterocycles. The molecule has 6 heteroatoms. The third kappa shape index (κ3) is 2.64. The molecule has 0 N–H and O–H groups in total. The molecule has 0 atom stereocenters. The van der Waals surface area contributed by atoms with Crippen LogP contribution in [0, 0.1) is 6.92 Å². The summed E-state index contributed by atoms with van der Waals surface area (Å²) in [4.78, 5) is 25.5. The molecular formula is C15H13ClN4O. The van der Waals surface area contributed by atoms with E-state index in [4.69, 9.17) is 11.6 Å². The molecule has 0 amide bonds. The van der Waals surface area contributed by atoms with Gasteiger partial charge in [-0.3, -0.25) is 9.36 Å². The second-order valence-corrected chi connectivity index (χ2v) is 4.93. The lowest BCUT2D eigenvalue weighted by atomic mass is 10.2. The summed E-state index contributed by atoms with van der Waals surface area (Å²) in [7, 11) is 0. The number of alkyl halides is 1. The molecule has 0 spiro atoms. The van der Waals surface area contributed by atoms with Gasteiger partial charge in [0.05, 0.1) is 29.0 Å². The second kappa shape index (κ2) is 5.61. The average Bonchev–Trinajstić information content (AvgIpc) is 2.50. The van der Waals surface area contributed by atoms with E-state index in [1.807, 2.05) is 25.1 Å². The van der Waals surface area contributed by atoms with Gasteiger partial charge in [0, 0.05) is 6.20 Å². The van der Waals surface area contributed by atoms with Crippen molar-refractivity contribution in [3.8, 4) is 0 Å². The fourth-order valence-corrected chi connectivity index (χ4v) is 2.44. The first-order valence-electron chi connectivity index (χ1n) is 6.52. The van der Waals surface area contributed by atoms with Crippen molar-refractivity contribution >= 4 is 22.5 Å². The van der Waals surface area contributed by atoms with Crippen LogP contribution in [0.15, 0.2) is 41.3 Å². The van der Waals surface area contributed by atoms with E-state index in [-0.39, 0.29) is 11.4 Å². The zero-order chi connectivity index (χ0) is 14.8. The fraction of sp³-hybridized carbons (Fsp3) is 0.200. The number of hydrogen-bond acceptors (Lipinski definition) is 4. The van der Waals surface area contributed by atoms with Crippen LogP contribution in [-0.2, 0) is 12.4 Å². The van der Waals surface area contributed by atoms with Gasteiger partial charge in [0.15, 0.2) is 0 Å². The number of halogens is 1. The van der Waals surface area contributed by atoms with Crippen LogP contribution >= 0.6 is 11.6 Å². The van der Waals surface area contributed by atoms with E-state index in [0.29, 0.717) is 29.1 Å². The van der Waals surface area contributed by atoms with Crippen molar-refractivity contribution in [3.63, 3.8) is 0 Å². The second-order valence-electron chi connectivity index (χ2n) is 4.67. The van der Waals surface area contributed by atoms with Crippen LogP contribution in [0.2, 0.25) is 0 Å². The number of aryl methyl sites for hydroxylation is 1. The Kier molecular flexibility index (Phi) is 3.66. The predicted octanol–water partition coefficient (Wildman–Crippen LogP) is 2.28. The minimum absolute atomic E-state index is 0.104. The highest BCUT2D eigenvalue weighted by Gasteiger charge is 2.11. The van der Waals surface area contributed by atoms with E-state index in [9.17, 15) is 4.79 Å². The quantitative estimate of drug-likeness (QED) is 0.696. The number of benzene rings is 1. The van der Waals surface area contributed by atoms with E-state index in [1.54, 1.807) is 22.9 Å². The number of rotatable bonds is 3. The molecule has 106 valence electrons. The van der Waals surface area contributed by atoms with E-state index < -0.39 is 0 Å². The van der Waals surface area contributed by atoms with Crippen molar-refractivity contribution in [1.29, 1.82) is 0 Å². The number of para-hydroxylation sites is 1. The van der Waals surface area contributed by atoms with Crippen LogP contribution in [0.5, 0.6) is 0 Å². The normalized spacial score (nSPS) is 11.0. The largest absolute Gasteiger partial charge is 0.289 e. The predicted molar refractivity (Wildman–Crippen MR) is 81.4 cm³/mol. The lowest BCUT2D eigenvalue weighted by Crippen LogP contribution is -2.26. The minimum Gasteiger partial charge on any atom is -0.289 e. The Labute approximate surface area is 126 Å². The lowest BCUT2D eigenvalue weighted by Gasteiger charge is -2.11. The molecule has 3 rings (SSSR count). The lowest BCUT2D eigenvalue weighted by molar-refractivity contribution is 0.687. The first-order valence-corrected chi connectivity index (χ1v) is 7.05. The maximum Gasteiger partial charge on any atom is 0.261 e. The molecule has 0 aliphatic heterocycles. The molecule has 21 heavy (non-hydrogen) atoms. The maximum absolute atomic E-state index is 12.6. The van der Waals surface area contributed by atoms with Crippen molar-refractivity contribution < 1.29 is 0 Å². The maximum atomic E-state index is 12.6. The van der Waals surface area contributed by atoms with E-state index in [2.05, 4.69) is 15.0 Å². The van der Waals surface area contributed by atoms with Gasteiger partial charge in [-0.2, -0.15) is 0 Å².